The molecule has 31 heavy (non-hydrogen) atoms. The Hall–Kier alpha value is -3.35. The predicted octanol–water partition coefficient (Wildman–Crippen LogP) is 4.42. The molecule has 160 valence electrons. The first-order valence-corrected chi connectivity index (χ1v) is 10.8. The number of hydrogen-bond donors (Lipinski definition) is 2. The van der Waals surface area contributed by atoms with Gasteiger partial charge in [-0.05, 0) is 49.9 Å². The molecule has 2 N–H and O–H groups in total. The van der Waals surface area contributed by atoms with E-state index in [0.29, 0.717) is 5.69 Å². The number of amides is 4. The number of nitrogens with zero attached hydrogens (tertiary/aromatic N) is 1. The maximum atomic E-state index is 13.1. The number of furan rings is 1. The molecule has 7 nitrogen and oxygen atoms in total. The van der Waals surface area contributed by atoms with Crippen molar-refractivity contribution in [1.82, 2.24) is 10.2 Å². The number of carbonyl (C=O) groups is 3. The van der Waals surface area contributed by atoms with Crippen LogP contribution in [0.3, 0.4) is 0 Å². The van der Waals surface area contributed by atoms with E-state index in [1.54, 1.807) is 19.1 Å². The van der Waals surface area contributed by atoms with Gasteiger partial charge >= 0.3 is 6.03 Å². The number of carbonyl (C=O) groups excluding carboxylic acids is 3. The van der Waals surface area contributed by atoms with Crippen molar-refractivity contribution in [3.63, 3.8) is 0 Å². The number of hydrogen-bond acceptors (Lipinski definition) is 4. The summed E-state index contributed by atoms with van der Waals surface area (Å²) in [6.07, 6.45) is 5.13. The minimum absolute atomic E-state index is 0.113. The summed E-state index contributed by atoms with van der Waals surface area (Å²) in [7, 11) is 0. The summed E-state index contributed by atoms with van der Waals surface area (Å²) in [5.41, 5.74) is 1.18. The van der Waals surface area contributed by atoms with E-state index in [2.05, 4.69) is 10.6 Å². The number of imide groups is 1. The Morgan fingerprint density at radius 3 is 2.65 bits per heavy atom. The highest BCUT2D eigenvalue weighted by Gasteiger charge is 2.52. The standard InChI is InChI=1S/C24H25N3O4/c1-24(15-7-3-2-4-8-15)22(29)27(23(30)26-24)14-21(28)25-16-11-12-20-18(13-16)17-9-5-6-10-19(17)31-20/h5-6,9-13,15H,2-4,7-8,14H2,1H3,(H,25,28)(H,26,30)/t24-/m1/s1. The molecule has 0 bridgehead atoms. The molecule has 0 radical (unpaired) electrons. The molecule has 1 saturated heterocycles. The van der Waals surface area contributed by atoms with Crippen LogP contribution in [0, 0.1) is 5.92 Å². The highest BCUT2D eigenvalue weighted by molar-refractivity contribution is 6.11. The molecule has 7 heteroatoms. The number of fused-ring (bicyclic) bond motifs is 3. The van der Waals surface area contributed by atoms with Crippen LogP contribution >= 0.6 is 0 Å². The summed E-state index contributed by atoms with van der Waals surface area (Å²) >= 11 is 0. The number of anilines is 1. The topological polar surface area (TPSA) is 91.7 Å². The van der Waals surface area contributed by atoms with Crippen LogP contribution in [0.2, 0.25) is 0 Å². The summed E-state index contributed by atoms with van der Waals surface area (Å²) in [5, 5.41) is 7.52. The predicted molar refractivity (Wildman–Crippen MR) is 118 cm³/mol. The molecule has 1 aliphatic heterocycles. The average molecular weight is 419 g/mol. The molecule has 2 heterocycles. The Kier molecular flexibility index (Phi) is 4.68. The number of rotatable bonds is 4. The third-order valence-corrected chi connectivity index (χ3v) is 6.69. The van der Waals surface area contributed by atoms with Crippen LogP contribution in [-0.4, -0.2) is 34.8 Å². The lowest BCUT2D eigenvalue weighted by Gasteiger charge is -2.34. The molecule has 2 aromatic carbocycles. The van der Waals surface area contributed by atoms with Crippen molar-refractivity contribution in [2.75, 3.05) is 11.9 Å². The van der Waals surface area contributed by atoms with Crippen LogP contribution in [0.4, 0.5) is 10.5 Å². The molecule has 1 aliphatic carbocycles. The summed E-state index contributed by atoms with van der Waals surface area (Å²) in [6.45, 7) is 1.48. The smallest absolute Gasteiger partial charge is 0.325 e. The monoisotopic (exact) mass is 419 g/mol. The number of benzene rings is 2. The third-order valence-electron chi connectivity index (χ3n) is 6.69. The van der Waals surface area contributed by atoms with E-state index in [-0.39, 0.29) is 18.4 Å². The van der Waals surface area contributed by atoms with Gasteiger partial charge in [-0.15, -0.1) is 0 Å². The van der Waals surface area contributed by atoms with Crippen molar-refractivity contribution < 1.29 is 18.8 Å². The molecular weight excluding hydrogens is 394 g/mol. The van der Waals surface area contributed by atoms with Gasteiger partial charge < -0.3 is 15.1 Å². The summed E-state index contributed by atoms with van der Waals surface area (Å²) in [5.74, 6) is -0.609. The van der Waals surface area contributed by atoms with Crippen LogP contribution in [0.25, 0.3) is 21.9 Å². The van der Waals surface area contributed by atoms with Crippen LogP contribution in [-0.2, 0) is 9.59 Å². The third kappa shape index (κ3) is 3.34. The fourth-order valence-electron chi connectivity index (χ4n) is 4.96. The van der Waals surface area contributed by atoms with Gasteiger partial charge in [-0.25, -0.2) is 4.79 Å². The molecule has 3 aromatic rings. The molecule has 2 aliphatic rings. The molecule has 1 atom stereocenters. The quantitative estimate of drug-likeness (QED) is 0.613. The second-order valence-corrected chi connectivity index (χ2v) is 8.72. The molecule has 1 aromatic heterocycles. The maximum absolute atomic E-state index is 13.1. The summed E-state index contributed by atoms with van der Waals surface area (Å²) in [4.78, 5) is 39.3. The lowest BCUT2D eigenvalue weighted by Crippen LogP contribution is -2.51. The normalized spacial score (nSPS) is 22.3. The van der Waals surface area contributed by atoms with Gasteiger partial charge in [0, 0.05) is 16.5 Å². The zero-order valence-corrected chi connectivity index (χ0v) is 17.4. The van der Waals surface area contributed by atoms with Gasteiger partial charge in [0.1, 0.15) is 23.2 Å². The highest BCUT2D eigenvalue weighted by atomic mass is 16.3. The van der Waals surface area contributed by atoms with E-state index >= 15 is 0 Å². The Bertz CT molecular complexity index is 1190. The molecule has 5 rings (SSSR count). The lowest BCUT2D eigenvalue weighted by atomic mass is 9.75. The Morgan fingerprint density at radius 2 is 1.84 bits per heavy atom. The molecule has 0 spiro atoms. The van der Waals surface area contributed by atoms with Crippen molar-refractivity contribution in [1.29, 1.82) is 0 Å². The van der Waals surface area contributed by atoms with E-state index in [1.165, 1.54) is 0 Å². The van der Waals surface area contributed by atoms with E-state index in [0.717, 1.165) is 58.9 Å². The van der Waals surface area contributed by atoms with Crippen molar-refractivity contribution in [2.24, 2.45) is 5.92 Å². The highest BCUT2D eigenvalue weighted by Crippen LogP contribution is 2.36. The van der Waals surface area contributed by atoms with Gasteiger partial charge in [0.2, 0.25) is 5.91 Å². The number of para-hydroxylation sites is 1. The molecule has 2 fully saturated rings. The van der Waals surface area contributed by atoms with Gasteiger partial charge in [-0.3, -0.25) is 14.5 Å². The largest absolute Gasteiger partial charge is 0.456 e. The average Bonchev–Trinajstić information content (AvgIpc) is 3.25. The first kappa shape index (κ1) is 19.6. The van der Waals surface area contributed by atoms with Gasteiger partial charge in [-0.1, -0.05) is 37.5 Å². The Balaban J connectivity index is 1.31. The van der Waals surface area contributed by atoms with Crippen molar-refractivity contribution >= 4 is 45.5 Å². The van der Waals surface area contributed by atoms with Crippen LogP contribution in [0.1, 0.15) is 39.0 Å². The second-order valence-electron chi connectivity index (χ2n) is 8.72. The fraction of sp³-hybridized carbons (Fsp3) is 0.375. The first-order valence-electron chi connectivity index (χ1n) is 10.8. The molecular formula is C24H25N3O4. The van der Waals surface area contributed by atoms with Crippen molar-refractivity contribution in [3.8, 4) is 0 Å². The maximum Gasteiger partial charge on any atom is 0.325 e. The Labute approximate surface area is 179 Å². The SMILES string of the molecule is C[C@]1(C2CCCCC2)NC(=O)N(CC(=O)Nc2ccc3oc4ccccc4c3c2)C1=O. The first-order chi connectivity index (χ1) is 15.0. The van der Waals surface area contributed by atoms with Gasteiger partial charge in [0.05, 0.1) is 0 Å². The fourth-order valence-corrected chi connectivity index (χ4v) is 4.96. The van der Waals surface area contributed by atoms with Crippen LogP contribution in [0.5, 0.6) is 0 Å². The minimum atomic E-state index is -0.924. The Morgan fingerprint density at radius 1 is 1.10 bits per heavy atom. The number of nitrogens with one attached hydrogen (secondary N) is 2. The minimum Gasteiger partial charge on any atom is -0.456 e. The number of urea groups is 1. The second kappa shape index (κ2) is 7.41. The van der Waals surface area contributed by atoms with E-state index in [9.17, 15) is 14.4 Å². The zero-order valence-electron chi connectivity index (χ0n) is 17.4. The van der Waals surface area contributed by atoms with Crippen LogP contribution in [0.15, 0.2) is 46.9 Å². The van der Waals surface area contributed by atoms with Gasteiger partial charge in [0.15, 0.2) is 0 Å². The van der Waals surface area contributed by atoms with Crippen molar-refractivity contribution in [3.05, 3.63) is 42.5 Å². The van der Waals surface area contributed by atoms with E-state index in [4.69, 9.17) is 4.42 Å². The lowest BCUT2D eigenvalue weighted by molar-refractivity contribution is -0.135. The van der Waals surface area contributed by atoms with Gasteiger partial charge in [-0.2, -0.15) is 0 Å². The van der Waals surface area contributed by atoms with Gasteiger partial charge in [0.25, 0.3) is 5.91 Å². The molecule has 4 amide bonds. The summed E-state index contributed by atoms with van der Waals surface area (Å²) in [6, 6.07) is 12.6. The van der Waals surface area contributed by atoms with E-state index < -0.39 is 17.5 Å². The van der Waals surface area contributed by atoms with E-state index in [1.807, 2.05) is 30.3 Å². The molecule has 1 saturated carbocycles. The molecule has 0 unspecified atom stereocenters. The summed E-state index contributed by atoms with van der Waals surface area (Å²) < 4.78 is 5.81. The zero-order chi connectivity index (χ0) is 21.6. The van der Waals surface area contributed by atoms with Crippen LogP contribution < -0.4 is 10.6 Å². The van der Waals surface area contributed by atoms with Crippen molar-refractivity contribution in [2.45, 2.75) is 44.6 Å².